The molecule has 2 N–H and O–H groups in total. The fourth-order valence-corrected chi connectivity index (χ4v) is 3.33. The maximum atomic E-state index is 6.00. The van der Waals surface area contributed by atoms with E-state index in [9.17, 15) is 0 Å². The highest BCUT2D eigenvalue weighted by Gasteiger charge is 2.26. The summed E-state index contributed by atoms with van der Waals surface area (Å²) in [5, 5.41) is 7.18. The Balaban J connectivity index is 1.84. The summed E-state index contributed by atoms with van der Waals surface area (Å²) in [6.07, 6.45) is 0. The number of rotatable bonds is 4. The van der Waals surface area contributed by atoms with Gasteiger partial charge in [0.1, 0.15) is 12.4 Å². The van der Waals surface area contributed by atoms with Crippen LogP contribution >= 0.6 is 27.5 Å². The first-order chi connectivity index (χ1) is 11.0. The summed E-state index contributed by atoms with van der Waals surface area (Å²) in [6.45, 7) is 1.28. The molecular formula is C17H17BrClN3O. The van der Waals surface area contributed by atoms with Crippen LogP contribution < -0.4 is 10.5 Å². The van der Waals surface area contributed by atoms with Crippen LogP contribution in [0, 0.1) is 0 Å². The summed E-state index contributed by atoms with van der Waals surface area (Å²) in [4.78, 5) is 0.159. The van der Waals surface area contributed by atoms with Gasteiger partial charge in [0.15, 0.2) is 0 Å². The molecule has 2 aromatic carbocycles. The smallest absolute Gasteiger partial charge is 0.129 e. The van der Waals surface area contributed by atoms with Crippen molar-refractivity contribution < 1.29 is 4.74 Å². The van der Waals surface area contributed by atoms with Crippen molar-refractivity contribution in [1.29, 1.82) is 0 Å². The molecule has 0 aliphatic carbocycles. The van der Waals surface area contributed by atoms with Crippen LogP contribution in [-0.2, 0) is 6.61 Å². The quantitative estimate of drug-likeness (QED) is 0.632. The highest BCUT2D eigenvalue weighted by atomic mass is 79.9. The molecule has 4 nitrogen and oxygen atoms in total. The number of hydrogen-bond donors (Lipinski definition) is 1. The van der Waals surface area contributed by atoms with E-state index in [4.69, 9.17) is 22.1 Å². The van der Waals surface area contributed by atoms with Crippen molar-refractivity contribution in [3.63, 3.8) is 0 Å². The predicted octanol–water partition coefficient (Wildman–Crippen LogP) is 3.91. The van der Waals surface area contributed by atoms with Crippen molar-refractivity contribution in [2.45, 2.75) is 11.4 Å². The molecule has 1 heterocycles. The largest absolute Gasteiger partial charge is 0.488 e. The zero-order chi connectivity index (χ0) is 16.4. The van der Waals surface area contributed by atoms with Gasteiger partial charge >= 0.3 is 0 Å². The Morgan fingerprint density at radius 1 is 1.30 bits per heavy atom. The number of hydrazone groups is 1. The number of alkyl halides is 1. The van der Waals surface area contributed by atoms with Crippen LogP contribution in [0.4, 0.5) is 5.69 Å². The van der Waals surface area contributed by atoms with Crippen LogP contribution in [0.5, 0.6) is 5.75 Å². The second-order valence-corrected chi connectivity index (χ2v) is 7.01. The van der Waals surface area contributed by atoms with Crippen molar-refractivity contribution >= 4 is 38.9 Å². The number of anilines is 1. The van der Waals surface area contributed by atoms with Crippen LogP contribution in [0.3, 0.4) is 0 Å². The fourth-order valence-electron chi connectivity index (χ4n) is 2.44. The van der Waals surface area contributed by atoms with Gasteiger partial charge in [-0.2, -0.15) is 5.10 Å². The topological polar surface area (TPSA) is 50.8 Å². The van der Waals surface area contributed by atoms with E-state index in [0.717, 1.165) is 29.1 Å². The highest BCUT2D eigenvalue weighted by molar-refractivity contribution is 9.10. The van der Waals surface area contributed by atoms with E-state index in [1.54, 1.807) is 0 Å². The minimum Gasteiger partial charge on any atom is -0.488 e. The van der Waals surface area contributed by atoms with Gasteiger partial charge in [-0.25, -0.2) is 0 Å². The fraction of sp³-hybridized carbons (Fsp3) is 0.235. The molecule has 1 aliphatic rings. The number of nitrogens with zero attached hydrogens (tertiary/aromatic N) is 2. The third-order valence-electron chi connectivity index (χ3n) is 3.59. The lowest BCUT2D eigenvalue weighted by Gasteiger charge is -2.13. The molecule has 6 heteroatoms. The van der Waals surface area contributed by atoms with E-state index < -0.39 is 0 Å². The Bertz CT molecular complexity index is 733. The van der Waals surface area contributed by atoms with Crippen LogP contribution in [0.1, 0.15) is 11.1 Å². The molecule has 1 aliphatic heterocycles. The first-order valence-corrected chi connectivity index (χ1v) is 8.53. The van der Waals surface area contributed by atoms with Crippen molar-refractivity contribution in [2.24, 2.45) is 5.10 Å². The molecule has 0 saturated carbocycles. The second kappa shape index (κ2) is 6.81. The minimum atomic E-state index is 0.159. The van der Waals surface area contributed by atoms with E-state index in [-0.39, 0.29) is 4.83 Å². The second-order valence-electron chi connectivity index (χ2n) is 5.46. The number of ether oxygens (including phenoxy) is 1. The van der Waals surface area contributed by atoms with Gasteiger partial charge in [-0.15, -0.1) is 0 Å². The van der Waals surface area contributed by atoms with E-state index in [2.05, 4.69) is 21.0 Å². The molecule has 2 aromatic rings. The molecule has 0 saturated heterocycles. The number of nitrogens with two attached hydrogens (primary N) is 1. The number of hydrogen-bond acceptors (Lipinski definition) is 4. The zero-order valence-corrected chi connectivity index (χ0v) is 15.0. The van der Waals surface area contributed by atoms with E-state index in [1.807, 2.05) is 54.5 Å². The van der Waals surface area contributed by atoms with E-state index >= 15 is 0 Å². The van der Waals surface area contributed by atoms with Gasteiger partial charge in [0.2, 0.25) is 0 Å². The Kier molecular flexibility index (Phi) is 4.78. The molecule has 0 bridgehead atoms. The van der Waals surface area contributed by atoms with Crippen molar-refractivity contribution in [3.8, 4) is 5.75 Å². The summed E-state index contributed by atoms with van der Waals surface area (Å²) in [5.41, 5.74) is 9.55. The third-order valence-corrected chi connectivity index (χ3v) is 4.56. The summed E-state index contributed by atoms with van der Waals surface area (Å²) >= 11 is 9.57. The molecule has 120 valence electrons. The van der Waals surface area contributed by atoms with Gasteiger partial charge < -0.3 is 10.5 Å². The van der Waals surface area contributed by atoms with Crippen LogP contribution in [0.15, 0.2) is 47.6 Å². The van der Waals surface area contributed by atoms with Crippen molar-refractivity contribution in [1.82, 2.24) is 5.01 Å². The molecule has 0 spiro atoms. The first-order valence-electron chi connectivity index (χ1n) is 7.24. The highest BCUT2D eigenvalue weighted by Crippen LogP contribution is 2.29. The van der Waals surface area contributed by atoms with Crippen molar-refractivity contribution in [3.05, 3.63) is 58.6 Å². The average molecular weight is 395 g/mol. The molecule has 1 unspecified atom stereocenters. The summed E-state index contributed by atoms with van der Waals surface area (Å²) in [6, 6.07) is 13.2. The number of benzene rings is 2. The lowest BCUT2D eigenvalue weighted by molar-refractivity contribution is 0.305. The number of nitrogen functional groups attached to an aromatic ring is 1. The molecular weight excluding hydrogens is 378 g/mol. The standard InChI is InChI=1S/C17H17BrClN3O/c1-22-9-15(18)17(21-22)14-8-13(20)6-7-16(14)23-10-11-2-4-12(19)5-3-11/h2-8,15H,9-10,20H2,1H3. The molecule has 23 heavy (non-hydrogen) atoms. The maximum absolute atomic E-state index is 6.00. The Morgan fingerprint density at radius 2 is 2.04 bits per heavy atom. The van der Waals surface area contributed by atoms with Crippen molar-refractivity contribution in [2.75, 3.05) is 19.3 Å². The van der Waals surface area contributed by atoms with E-state index in [1.165, 1.54) is 0 Å². The van der Waals surface area contributed by atoms with E-state index in [0.29, 0.717) is 17.3 Å². The van der Waals surface area contributed by atoms with Gasteiger partial charge in [-0.1, -0.05) is 39.7 Å². The Labute approximate surface area is 149 Å². The SMILES string of the molecule is CN1CC(Br)C(c2cc(N)ccc2OCc2ccc(Cl)cc2)=N1. The summed E-state index contributed by atoms with van der Waals surface area (Å²) in [7, 11) is 1.95. The normalized spacial score (nSPS) is 17.3. The maximum Gasteiger partial charge on any atom is 0.129 e. The molecule has 0 fully saturated rings. The third kappa shape index (κ3) is 3.79. The minimum absolute atomic E-state index is 0.159. The summed E-state index contributed by atoms with van der Waals surface area (Å²) in [5.74, 6) is 0.771. The average Bonchev–Trinajstić information content (AvgIpc) is 2.86. The first kappa shape index (κ1) is 16.1. The van der Waals surface area contributed by atoms with Gasteiger partial charge in [0.25, 0.3) is 0 Å². The summed E-state index contributed by atoms with van der Waals surface area (Å²) < 4.78 is 6.00. The van der Waals surface area contributed by atoms with Crippen LogP contribution in [-0.4, -0.2) is 29.1 Å². The van der Waals surface area contributed by atoms with Gasteiger partial charge in [-0.3, -0.25) is 5.01 Å². The molecule has 0 aromatic heterocycles. The lowest BCUT2D eigenvalue weighted by Crippen LogP contribution is -2.17. The monoisotopic (exact) mass is 393 g/mol. The molecule has 0 amide bonds. The van der Waals surface area contributed by atoms with Gasteiger partial charge in [0.05, 0.1) is 17.1 Å². The van der Waals surface area contributed by atoms with Crippen LogP contribution in [0.25, 0.3) is 0 Å². The predicted molar refractivity (Wildman–Crippen MR) is 98.5 cm³/mol. The Hall–Kier alpha value is -1.72. The van der Waals surface area contributed by atoms with Gasteiger partial charge in [0, 0.05) is 23.3 Å². The molecule has 1 atom stereocenters. The lowest BCUT2D eigenvalue weighted by atomic mass is 10.1. The number of halogens is 2. The zero-order valence-electron chi connectivity index (χ0n) is 12.7. The Morgan fingerprint density at radius 3 is 2.70 bits per heavy atom. The van der Waals surface area contributed by atoms with Gasteiger partial charge in [-0.05, 0) is 35.9 Å². The molecule has 3 rings (SSSR count). The van der Waals surface area contributed by atoms with Crippen LogP contribution in [0.2, 0.25) is 5.02 Å². The molecule has 0 radical (unpaired) electrons.